The van der Waals surface area contributed by atoms with Crippen molar-refractivity contribution in [1.82, 2.24) is 9.03 Å². The molecule has 1 heterocycles. The van der Waals surface area contributed by atoms with Crippen LogP contribution in [-0.4, -0.2) is 34.2 Å². The summed E-state index contributed by atoms with van der Waals surface area (Å²) in [5.74, 6) is 0. The Balaban J connectivity index is 1.73. The molecule has 8 heteroatoms. The van der Waals surface area contributed by atoms with Crippen LogP contribution in [-0.2, 0) is 26.6 Å². The fourth-order valence-electron chi connectivity index (χ4n) is 3.08. The smallest absolute Gasteiger partial charge is 0.207 e. The van der Waals surface area contributed by atoms with Crippen molar-refractivity contribution < 1.29 is 16.8 Å². The fraction of sp³-hybridized carbons (Fsp3) is 0.368. The molecule has 0 radical (unpaired) electrons. The van der Waals surface area contributed by atoms with Gasteiger partial charge in [0.05, 0.1) is 9.79 Å². The van der Waals surface area contributed by atoms with Crippen molar-refractivity contribution in [2.45, 2.75) is 42.0 Å². The van der Waals surface area contributed by atoms with Crippen molar-refractivity contribution in [1.29, 1.82) is 0 Å². The Kier molecular flexibility index (Phi) is 6.31. The molecule has 3 rings (SSSR count). The molecule has 0 amide bonds. The lowest BCUT2D eigenvalue weighted by molar-refractivity contribution is 0.423. The van der Waals surface area contributed by atoms with Crippen molar-refractivity contribution >= 4 is 20.0 Å². The number of rotatable bonds is 6. The summed E-state index contributed by atoms with van der Waals surface area (Å²) in [5.41, 5.74) is 0.849. The molecule has 27 heavy (non-hydrogen) atoms. The van der Waals surface area contributed by atoms with Gasteiger partial charge in [-0.2, -0.15) is 4.31 Å². The van der Waals surface area contributed by atoms with E-state index in [1.54, 1.807) is 0 Å². The van der Waals surface area contributed by atoms with Gasteiger partial charge in [-0.05, 0) is 42.7 Å². The highest BCUT2D eigenvalue weighted by atomic mass is 32.2. The Morgan fingerprint density at radius 3 is 1.89 bits per heavy atom. The third-order valence-electron chi connectivity index (χ3n) is 4.65. The molecule has 146 valence electrons. The second-order valence-electron chi connectivity index (χ2n) is 6.60. The Morgan fingerprint density at radius 2 is 1.30 bits per heavy atom. The minimum absolute atomic E-state index is 0.0493. The van der Waals surface area contributed by atoms with Crippen LogP contribution in [0.15, 0.2) is 64.4 Å². The van der Waals surface area contributed by atoms with Crippen LogP contribution in [0.4, 0.5) is 0 Å². The molecule has 2 aromatic carbocycles. The summed E-state index contributed by atoms with van der Waals surface area (Å²) in [7, 11) is -7.29. The summed E-state index contributed by atoms with van der Waals surface area (Å²) in [6, 6.07) is 14.6. The van der Waals surface area contributed by atoms with E-state index in [0.29, 0.717) is 13.1 Å². The highest BCUT2D eigenvalue weighted by molar-refractivity contribution is 7.89. The number of hydrogen-bond donors (Lipinski definition) is 1. The van der Waals surface area contributed by atoms with Gasteiger partial charge >= 0.3 is 0 Å². The number of nitrogens with zero attached hydrogens (tertiary/aromatic N) is 1. The summed E-state index contributed by atoms with van der Waals surface area (Å²) in [4.78, 5) is 0.180. The summed E-state index contributed by atoms with van der Waals surface area (Å²) in [6.45, 7) is 1.21. The van der Waals surface area contributed by atoms with E-state index in [1.807, 2.05) is 30.3 Å². The van der Waals surface area contributed by atoms with Crippen LogP contribution in [0.2, 0.25) is 0 Å². The number of benzene rings is 2. The zero-order chi connectivity index (χ0) is 19.3. The maximum absolute atomic E-state index is 12.8. The van der Waals surface area contributed by atoms with Crippen molar-refractivity contribution in [2.24, 2.45) is 0 Å². The van der Waals surface area contributed by atoms with Gasteiger partial charge in [0.25, 0.3) is 0 Å². The molecule has 0 saturated carbocycles. The van der Waals surface area contributed by atoms with E-state index in [9.17, 15) is 16.8 Å². The molecule has 2 aromatic rings. The summed E-state index contributed by atoms with van der Waals surface area (Å²) in [5, 5.41) is 0. The number of hydrogen-bond acceptors (Lipinski definition) is 4. The van der Waals surface area contributed by atoms with E-state index in [4.69, 9.17) is 0 Å². The highest BCUT2D eigenvalue weighted by Crippen LogP contribution is 2.21. The second-order valence-corrected chi connectivity index (χ2v) is 10.3. The first kappa shape index (κ1) is 20.0. The summed E-state index contributed by atoms with van der Waals surface area (Å²) >= 11 is 0. The average molecular weight is 409 g/mol. The molecule has 0 atom stereocenters. The molecule has 0 bridgehead atoms. The monoisotopic (exact) mass is 408 g/mol. The Labute approximate surface area is 161 Å². The molecule has 1 saturated heterocycles. The maximum Gasteiger partial charge on any atom is 0.243 e. The van der Waals surface area contributed by atoms with Crippen LogP contribution in [0, 0.1) is 0 Å². The van der Waals surface area contributed by atoms with Crippen LogP contribution in [0.25, 0.3) is 0 Å². The van der Waals surface area contributed by atoms with Crippen LogP contribution in [0.5, 0.6) is 0 Å². The Bertz CT molecular complexity index is 949. The molecule has 6 nitrogen and oxygen atoms in total. The van der Waals surface area contributed by atoms with Gasteiger partial charge in [0.2, 0.25) is 20.0 Å². The van der Waals surface area contributed by atoms with Crippen LogP contribution < -0.4 is 4.72 Å². The van der Waals surface area contributed by atoms with Crippen molar-refractivity contribution in [2.75, 3.05) is 13.1 Å². The first-order valence-corrected chi connectivity index (χ1v) is 12.0. The molecule has 1 aliphatic rings. The first-order chi connectivity index (χ1) is 12.9. The molecule has 0 unspecified atom stereocenters. The molecule has 1 aliphatic heterocycles. The van der Waals surface area contributed by atoms with Crippen LogP contribution >= 0.6 is 0 Å². The first-order valence-electron chi connectivity index (χ1n) is 9.03. The lowest BCUT2D eigenvalue weighted by atomic mass is 10.2. The standard InChI is InChI=1S/C19H24N2O4S2/c22-26(23,20-16-17-8-4-3-5-9-17)18-10-12-19(13-11-18)27(24,25)21-14-6-1-2-7-15-21/h3-5,8-13,20H,1-2,6-7,14-16H2. The van der Waals surface area contributed by atoms with Crippen LogP contribution in [0.1, 0.15) is 31.2 Å². The maximum atomic E-state index is 12.8. The minimum Gasteiger partial charge on any atom is -0.207 e. The average Bonchev–Trinajstić information content (AvgIpc) is 2.97. The van der Waals surface area contributed by atoms with E-state index in [2.05, 4.69) is 4.72 Å². The Morgan fingerprint density at radius 1 is 0.741 bits per heavy atom. The quantitative estimate of drug-likeness (QED) is 0.797. The molecule has 1 N–H and O–H groups in total. The molecular weight excluding hydrogens is 384 g/mol. The van der Waals surface area contributed by atoms with Crippen molar-refractivity contribution in [3.63, 3.8) is 0 Å². The largest absolute Gasteiger partial charge is 0.243 e. The topological polar surface area (TPSA) is 83.5 Å². The van der Waals surface area contributed by atoms with E-state index in [1.165, 1.54) is 28.6 Å². The zero-order valence-corrected chi connectivity index (χ0v) is 16.7. The molecule has 0 aliphatic carbocycles. The minimum atomic E-state index is -3.71. The summed E-state index contributed by atoms with van der Waals surface area (Å²) < 4.78 is 54.5. The van der Waals surface area contributed by atoms with Gasteiger partial charge in [0, 0.05) is 19.6 Å². The lowest BCUT2D eigenvalue weighted by Crippen LogP contribution is -2.32. The van der Waals surface area contributed by atoms with Crippen molar-refractivity contribution in [3.8, 4) is 0 Å². The normalized spacial score (nSPS) is 16.7. The van der Waals surface area contributed by atoms with Gasteiger partial charge in [-0.25, -0.2) is 21.6 Å². The predicted octanol–water partition coefficient (Wildman–Crippen LogP) is 2.73. The molecular formula is C19H24N2O4S2. The SMILES string of the molecule is O=S(=O)(NCc1ccccc1)c1ccc(S(=O)(=O)N2CCCCCC2)cc1. The molecule has 0 aromatic heterocycles. The zero-order valence-electron chi connectivity index (χ0n) is 15.0. The number of sulfonamides is 2. The van der Waals surface area contributed by atoms with Crippen LogP contribution in [0.3, 0.4) is 0 Å². The Hall–Kier alpha value is -1.74. The summed E-state index contributed by atoms with van der Waals surface area (Å²) in [6.07, 6.45) is 3.79. The second kappa shape index (κ2) is 8.52. The molecule has 0 spiro atoms. The fourth-order valence-corrected chi connectivity index (χ4v) is 5.61. The predicted molar refractivity (Wildman–Crippen MR) is 104 cm³/mol. The van der Waals surface area contributed by atoms with Gasteiger partial charge in [-0.3, -0.25) is 0 Å². The third-order valence-corrected chi connectivity index (χ3v) is 7.98. The van der Waals surface area contributed by atoms with E-state index < -0.39 is 20.0 Å². The van der Waals surface area contributed by atoms with E-state index in [-0.39, 0.29) is 16.3 Å². The third kappa shape index (κ3) is 4.95. The molecule has 1 fully saturated rings. The van der Waals surface area contributed by atoms with Gasteiger partial charge in [0.1, 0.15) is 0 Å². The van der Waals surface area contributed by atoms with Gasteiger partial charge in [-0.1, -0.05) is 43.2 Å². The highest BCUT2D eigenvalue weighted by Gasteiger charge is 2.25. The lowest BCUT2D eigenvalue weighted by Gasteiger charge is -2.20. The van der Waals surface area contributed by atoms with E-state index >= 15 is 0 Å². The van der Waals surface area contributed by atoms with Gasteiger partial charge < -0.3 is 0 Å². The number of nitrogens with one attached hydrogen (secondary N) is 1. The van der Waals surface area contributed by atoms with Crippen molar-refractivity contribution in [3.05, 3.63) is 60.2 Å². The van der Waals surface area contributed by atoms with Gasteiger partial charge in [-0.15, -0.1) is 0 Å². The van der Waals surface area contributed by atoms with E-state index in [0.717, 1.165) is 31.2 Å². The van der Waals surface area contributed by atoms with Gasteiger partial charge in [0.15, 0.2) is 0 Å².